The van der Waals surface area contributed by atoms with Crippen molar-refractivity contribution in [2.24, 2.45) is 0 Å². The van der Waals surface area contributed by atoms with Gasteiger partial charge in [0, 0.05) is 31.7 Å². The third-order valence-electron chi connectivity index (χ3n) is 3.84. The largest absolute Gasteiger partial charge is 0.450 e. The van der Waals surface area contributed by atoms with E-state index in [-0.39, 0.29) is 6.09 Å². The van der Waals surface area contributed by atoms with Crippen molar-refractivity contribution < 1.29 is 9.53 Å². The highest BCUT2D eigenvalue weighted by atomic mass is 16.6. The number of likely N-dealkylation sites (tertiary alicyclic amines) is 1. The molecule has 5 heteroatoms. The van der Waals surface area contributed by atoms with Crippen LogP contribution in [-0.4, -0.2) is 55.9 Å². The molecule has 0 saturated carbocycles. The first-order chi connectivity index (χ1) is 8.79. The Balaban J connectivity index is 1.62. The predicted molar refractivity (Wildman–Crippen MR) is 70.6 cm³/mol. The van der Waals surface area contributed by atoms with Gasteiger partial charge in [-0.2, -0.15) is 0 Å². The van der Waals surface area contributed by atoms with Crippen molar-refractivity contribution in [1.82, 2.24) is 15.5 Å². The average Bonchev–Trinajstić information content (AvgIpc) is 2.90. The lowest BCUT2D eigenvalue weighted by atomic mass is 10.0. The first-order valence-electron chi connectivity index (χ1n) is 7.18. The molecule has 2 rings (SSSR count). The Morgan fingerprint density at radius 3 is 2.78 bits per heavy atom. The highest BCUT2D eigenvalue weighted by Gasteiger charge is 2.24. The average molecular weight is 255 g/mol. The Bertz CT molecular complexity index is 259. The summed E-state index contributed by atoms with van der Waals surface area (Å²) in [4.78, 5) is 13.4. The van der Waals surface area contributed by atoms with E-state index in [9.17, 15) is 4.79 Å². The van der Waals surface area contributed by atoms with Crippen molar-refractivity contribution in [2.75, 3.05) is 32.8 Å². The highest BCUT2D eigenvalue weighted by molar-refractivity contribution is 5.67. The number of nitrogens with zero attached hydrogens (tertiary/aromatic N) is 1. The topological polar surface area (TPSA) is 53.6 Å². The Morgan fingerprint density at radius 1 is 1.39 bits per heavy atom. The van der Waals surface area contributed by atoms with Crippen LogP contribution in [0.5, 0.6) is 0 Å². The zero-order valence-electron chi connectivity index (χ0n) is 11.3. The molecule has 0 aromatic carbocycles. The zero-order chi connectivity index (χ0) is 12.8. The predicted octanol–water partition coefficient (Wildman–Crippen LogP) is 0.949. The van der Waals surface area contributed by atoms with Crippen LogP contribution in [0.3, 0.4) is 0 Å². The van der Waals surface area contributed by atoms with Crippen LogP contribution in [-0.2, 0) is 4.74 Å². The summed E-state index contributed by atoms with van der Waals surface area (Å²) in [5, 5.41) is 7.11. The summed E-state index contributed by atoms with van der Waals surface area (Å²) in [5.74, 6) is 0. The van der Waals surface area contributed by atoms with Crippen LogP contribution >= 0.6 is 0 Å². The Labute approximate surface area is 109 Å². The van der Waals surface area contributed by atoms with Gasteiger partial charge in [-0.3, -0.25) is 0 Å². The first-order valence-corrected chi connectivity index (χ1v) is 7.18. The number of hydrogen-bond donors (Lipinski definition) is 2. The van der Waals surface area contributed by atoms with E-state index < -0.39 is 0 Å². The van der Waals surface area contributed by atoms with Crippen molar-refractivity contribution in [1.29, 1.82) is 0 Å². The van der Waals surface area contributed by atoms with Crippen LogP contribution in [0.2, 0.25) is 0 Å². The van der Waals surface area contributed by atoms with E-state index in [1.165, 1.54) is 12.8 Å². The number of nitrogens with one attached hydrogen (secondary N) is 2. The van der Waals surface area contributed by atoms with Crippen LogP contribution in [0.25, 0.3) is 0 Å². The second-order valence-electron chi connectivity index (χ2n) is 5.16. The lowest BCUT2D eigenvalue weighted by molar-refractivity contribution is 0.0949. The molecule has 0 radical (unpaired) electrons. The van der Waals surface area contributed by atoms with E-state index in [0.717, 1.165) is 39.0 Å². The van der Waals surface area contributed by atoms with Crippen molar-refractivity contribution in [3.63, 3.8) is 0 Å². The number of carbonyl (C=O) groups is 1. The zero-order valence-corrected chi connectivity index (χ0v) is 11.3. The van der Waals surface area contributed by atoms with Gasteiger partial charge >= 0.3 is 6.09 Å². The van der Waals surface area contributed by atoms with Crippen molar-refractivity contribution in [3.05, 3.63) is 0 Å². The molecule has 1 unspecified atom stereocenters. The summed E-state index contributed by atoms with van der Waals surface area (Å²) in [5.41, 5.74) is 0. The molecule has 2 N–H and O–H groups in total. The van der Waals surface area contributed by atoms with Crippen LogP contribution < -0.4 is 10.6 Å². The molecule has 2 saturated heterocycles. The Hall–Kier alpha value is -0.810. The SMILES string of the molecule is CCOC(=O)N1CCC(NCC2CCCN2)CC1. The minimum absolute atomic E-state index is 0.159. The second kappa shape index (κ2) is 6.95. The molecule has 0 aromatic rings. The molecule has 2 heterocycles. The Kier molecular flexibility index (Phi) is 5.26. The summed E-state index contributed by atoms with van der Waals surface area (Å²) in [6.07, 6.45) is 4.49. The molecule has 2 aliphatic rings. The molecule has 18 heavy (non-hydrogen) atoms. The van der Waals surface area contributed by atoms with Gasteiger partial charge in [0.1, 0.15) is 0 Å². The van der Waals surface area contributed by atoms with Crippen LogP contribution in [0.4, 0.5) is 4.79 Å². The number of carbonyl (C=O) groups excluding carboxylic acids is 1. The highest BCUT2D eigenvalue weighted by Crippen LogP contribution is 2.12. The maximum atomic E-state index is 11.5. The number of piperidine rings is 1. The summed E-state index contributed by atoms with van der Waals surface area (Å²) in [7, 11) is 0. The van der Waals surface area contributed by atoms with Gasteiger partial charge in [-0.1, -0.05) is 0 Å². The quantitative estimate of drug-likeness (QED) is 0.785. The van der Waals surface area contributed by atoms with E-state index in [0.29, 0.717) is 18.7 Å². The molecular formula is C13H25N3O2. The molecule has 2 aliphatic heterocycles. The van der Waals surface area contributed by atoms with Crippen molar-refractivity contribution >= 4 is 6.09 Å². The number of amides is 1. The van der Waals surface area contributed by atoms with Gasteiger partial charge in [0.15, 0.2) is 0 Å². The van der Waals surface area contributed by atoms with Crippen LogP contribution in [0.1, 0.15) is 32.6 Å². The fraction of sp³-hybridized carbons (Fsp3) is 0.923. The molecule has 0 aromatic heterocycles. The van der Waals surface area contributed by atoms with E-state index in [2.05, 4.69) is 10.6 Å². The smallest absolute Gasteiger partial charge is 0.409 e. The molecule has 5 nitrogen and oxygen atoms in total. The molecule has 1 amide bonds. The van der Waals surface area contributed by atoms with Crippen molar-refractivity contribution in [2.45, 2.75) is 44.7 Å². The van der Waals surface area contributed by atoms with E-state index in [1.54, 1.807) is 0 Å². The van der Waals surface area contributed by atoms with Crippen LogP contribution in [0, 0.1) is 0 Å². The minimum atomic E-state index is -0.159. The fourth-order valence-electron chi connectivity index (χ4n) is 2.72. The van der Waals surface area contributed by atoms with Gasteiger partial charge in [-0.05, 0) is 39.2 Å². The lowest BCUT2D eigenvalue weighted by Gasteiger charge is -2.32. The third kappa shape index (κ3) is 3.85. The fourth-order valence-corrected chi connectivity index (χ4v) is 2.72. The molecule has 104 valence electrons. The minimum Gasteiger partial charge on any atom is -0.450 e. The molecular weight excluding hydrogens is 230 g/mol. The van der Waals surface area contributed by atoms with E-state index in [1.807, 2.05) is 11.8 Å². The molecule has 0 bridgehead atoms. The summed E-state index contributed by atoms with van der Waals surface area (Å²) < 4.78 is 5.01. The summed E-state index contributed by atoms with van der Waals surface area (Å²) in [6.45, 7) is 6.16. The van der Waals surface area contributed by atoms with Crippen LogP contribution in [0.15, 0.2) is 0 Å². The summed E-state index contributed by atoms with van der Waals surface area (Å²) >= 11 is 0. The van der Waals surface area contributed by atoms with Gasteiger partial charge in [0.2, 0.25) is 0 Å². The van der Waals surface area contributed by atoms with Gasteiger partial charge in [-0.15, -0.1) is 0 Å². The van der Waals surface area contributed by atoms with Gasteiger partial charge in [0.05, 0.1) is 6.61 Å². The normalized spacial score (nSPS) is 25.4. The molecule has 0 aliphatic carbocycles. The van der Waals surface area contributed by atoms with Gasteiger partial charge in [0.25, 0.3) is 0 Å². The number of hydrogen-bond acceptors (Lipinski definition) is 4. The maximum absolute atomic E-state index is 11.5. The Morgan fingerprint density at radius 2 is 2.17 bits per heavy atom. The maximum Gasteiger partial charge on any atom is 0.409 e. The van der Waals surface area contributed by atoms with Gasteiger partial charge < -0.3 is 20.3 Å². The number of ether oxygens (including phenoxy) is 1. The number of rotatable bonds is 4. The standard InChI is InChI=1S/C13H25N3O2/c1-2-18-13(17)16-8-5-11(6-9-16)15-10-12-4-3-7-14-12/h11-12,14-15H,2-10H2,1H3. The monoisotopic (exact) mass is 255 g/mol. The van der Waals surface area contributed by atoms with Gasteiger partial charge in [-0.25, -0.2) is 4.79 Å². The third-order valence-corrected chi connectivity index (χ3v) is 3.84. The van der Waals surface area contributed by atoms with E-state index in [4.69, 9.17) is 4.74 Å². The van der Waals surface area contributed by atoms with E-state index >= 15 is 0 Å². The molecule has 1 atom stereocenters. The second-order valence-corrected chi connectivity index (χ2v) is 5.16. The summed E-state index contributed by atoms with van der Waals surface area (Å²) in [6, 6.07) is 1.20. The van der Waals surface area contributed by atoms with Crippen molar-refractivity contribution in [3.8, 4) is 0 Å². The lowest BCUT2D eigenvalue weighted by Crippen LogP contribution is -2.47. The first kappa shape index (κ1) is 13.6. The molecule has 0 spiro atoms. The molecule has 2 fully saturated rings.